The van der Waals surface area contributed by atoms with Crippen LogP contribution in [-0.2, 0) is 7.05 Å². The van der Waals surface area contributed by atoms with Gasteiger partial charge in [-0.05, 0) is 17.1 Å². The standard InChI is InChI=1S/C10H11N2/c1-8-11-10-6-4-3-5-9(10)7-12(8)2/h3-7H,1-2H3/q+1. The summed E-state index contributed by atoms with van der Waals surface area (Å²) in [5.74, 6) is 1.04. The van der Waals surface area contributed by atoms with Crippen molar-refractivity contribution in [3.05, 3.63) is 36.3 Å². The van der Waals surface area contributed by atoms with Crippen LogP contribution in [0.4, 0.5) is 0 Å². The van der Waals surface area contributed by atoms with E-state index in [2.05, 4.69) is 17.2 Å². The summed E-state index contributed by atoms with van der Waals surface area (Å²) in [7, 11) is 2.01. The largest absolute Gasteiger partial charge is 0.295 e. The number of aromatic nitrogens is 2. The van der Waals surface area contributed by atoms with Crippen molar-refractivity contribution in [2.75, 3.05) is 0 Å². The van der Waals surface area contributed by atoms with E-state index in [0.717, 1.165) is 11.3 Å². The molecule has 0 amide bonds. The first-order valence-electron chi connectivity index (χ1n) is 3.99. The molecule has 0 radical (unpaired) electrons. The minimum Gasteiger partial charge on any atom is -0.237 e. The molecular weight excluding hydrogens is 148 g/mol. The number of rotatable bonds is 0. The van der Waals surface area contributed by atoms with Crippen LogP contribution in [0.5, 0.6) is 0 Å². The third-order valence-corrected chi connectivity index (χ3v) is 2.06. The molecule has 12 heavy (non-hydrogen) atoms. The van der Waals surface area contributed by atoms with Gasteiger partial charge in [-0.25, -0.2) is 4.57 Å². The molecule has 0 fully saturated rings. The van der Waals surface area contributed by atoms with Crippen molar-refractivity contribution in [3.8, 4) is 0 Å². The van der Waals surface area contributed by atoms with Crippen LogP contribution < -0.4 is 4.57 Å². The molecule has 0 saturated heterocycles. The van der Waals surface area contributed by atoms with Crippen molar-refractivity contribution in [1.29, 1.82) is 0 Å². The molecule has 0 spiro atoms. The molecule has 2 nitrogen and oxygen atoms in total. The molecule has 1 aromatic heterocycles. The first-order valence-corrected chi connectivity index (χ1v) is 3.99. The smallest absolute Gasteiger partial charge is 0.237 e. The number of nitrogens with zero attached hydrogens (tertiary/aromatic N) is 2. The van der Waals surface area contributed by atoms with E-state index in [0.29, 0.717) is 0 Å². The van der Waals surface area contributed by atoms with Crippen LogP contribution in [0.15, 0.2) is 30.5 Å². The average molecular weight is 159 g/mol. The second-order valence-electron chi connectivity index (χ2n) is 2.96. The molecule has 0 atom stereocenters. The van der Waals surface area contributed by atoms with Gasteiger partial charge in [0.05, 0.1) is 12.4 Å². The molecule has 0 aliphatic rings. The van der Waals surface area contributed by atoms with Crippen LogP contribution in [0.3, 0.4) is 0 Å². The summed E-state index contributed by atoms with van der Waals surface area (Å²) in [5.41, 5.74) is 1.06. The van der Waals surface area contributed by atoms with Crippen LogP contribution >= 0.6 is 0 Å². The fourth-order valence-corrected chi connectivity index (χ4v) is 1.25. The summed E-state index contributed by atoms with van der Waals surface area (Å²) in [6, 6.07) is 8.14. The van der Waals surface area contributed by atoms with E-state index in [4.69, 9.17) is 0 Å². The summed E-state index contributed by atoms with van der Waals surface area (Å²) in [5, 5.41) is 1.19. The number of benzene rings is 1. The lowest BCUT2D eigenvalue weighted by Gasteiger charge is -1.94. The zero-order valence-electron chi connectivity index (χ0n) is 7.28. The highest BCUT2D eigenvalue weighted by molar-refractivity contribution is 5.76. The Bertz CT molecular complexity index is 381. The van der Waals surface area contributed by atoms with Gasteiger partial charge in [0.1, 0.15) is 6.20 Å². The predicted molar refractivity (Wildman–Crippen MR) is 47.7 cm³/mol. The first kappa shape index (κ1) is 7.22. The van der Waals surface area contributed by atoms with Gasteiger partial charge in [0.25, 0.3) is 5.82 Å². The third kappa shape index (κ3) is 1.05. The Balaban J connectivity index is 2.84. The fourth-order valence-electron chi connectivity index (χ4n) is 1.25. The van der Waals surface area contributed by atoms with E-state index in [-0.39, 0.29) is 0 Å². The van der Waals surface area contributed by atoms with Crippen LogP contribution in [0.25, 0.3) is 10.9 Å². The quantitative estimate of drug-likeness (QED) is 0.530. The maximum atomic E-state index is 4.44. The van der Waals surface area contributed by atoms with E-state index >= 15 is 0 Å². The van der Waals surface area contributed by atoms with Gasteiger partial charge in [-0.3, -0.25) is 0 Å². The maximum absolute atomic E-state index is 4.44. The van der Waals surface area contributed by atoms with Crippen LogP contribution in [0, 0.1) is 6.92 Å². The molecule has 0 aliphatic carbocycles. The van der Waals surface area contributed by atoms with Crippen LogP contribution in [0.2, 0.25) is 0 Å². The Morgan fingerprint density at radius 2 is 2.00 bits per heavy atom. The van der Waals surface area contributed by atoms with Gasteiger partial charge in [0.2, 0.25) is 0 Å². The second-order valence-corrected chi connectivity index (χ2v) is 2.96. The Morgan fingerprint density at radius 1 is 1.25 bits per heavy atom. The molecule has 2 rings (SSSR count). The fraction of sp³-hybridized carbons (Fsp3) is 0.200. The number of hydrogen-bond donors (Lipinski definition) is 0. The van der Waals surface area contributed by atoms with E-state index in [1.807, 2.05) is 36.7 Å². The van der Waals surface area contributed by atoms with Gasteiger partial charge in [-0.1, -0.05) is 12.1 Å². The summed E-state index contributed by atoms with van der Waals surface area (Å²) >= 11 is 0. The van der Waals surface area contributed by atoms with Crippen molar-refractivity contribution in [2.24, 2.45) is 7.05 Å². The molecule has 0 aliphatic heterocycles. The molecule has 0 unspecified atom stereocenters. The zero-order chi connectivity index (χ0) is 8.55. The molecule has 60 valence electrons. The molecule has 2 aromatic rings. The zero-order valence-corrected chi connectivity index (χ0v) is 7.28. The highest BCUT2D eigenvalue weighted by atomic mass is 15.0. The predicted octanol–water partition coefficient (Wildman–Crippen LogP) is 1.37. The van der Waals surface area contributed by atoms with E-state index < -0.39 is 0 Å². The topological polar surface area (TPSA) is 16.8 Å². The summed E-state index contributed by atoms with van der Waals surface area (Å²) in [6.07, 6.45) is 2.09. The highest BCUT2D eigenvalue weighted by Gasteiger charge is 2.05. The summed E-state index contributed by atoms with van der Waals surface area (Å²) in [4.78, 5) is 4.44. The van der Waals surface area contributed by atoms with E-state index in [9.17, 15) is 0 Å². The lowest BCUT2D eigenvalue weighted by atomic mass is 10.2. The van der Waals surface area contributed by atoms with Gasteiger partial charge in [0, 0.05) is 6.92 Å². The van der Waals surface area contributed by atoms with Crippen molar-refractivity contribution >= 4 is 10.9 Å². The van der Waals surface area contributed by atoms with Gasteiger partial charge in [0.15, 0.2) is 5.52 Å². The first-order chi connectivity index (χ1) is 5.77. The molecule has 1 heterocycles. The van der Waals surface area contributed by atoms with Crippen LogP contribution in [-0.4, -0.2) is 4.98 Å². The molecule has 0 bridgehead atoms. The van der Waals surface area contributed by atoms with E-state index in [1.165, 1.54) is 5.39 Å². The van der Waals surface area contributed by atoms with Crippen molar-refractivity contribution in [3.63, 3.8) is 0 Å². The summed E-state index contributed by atoms with van der Waals surface area (Å²) in [6.45, 7) is 2.01. The van der Waals surface area contributed by atoms with Crippen LogP contribution in [0.1, 0.15) is 5.82 Å². The van der Waals surface area contributed by atoms with Crippen molar-refractivity contribution < 1.29 is 4.57 Å². The minimum absolute atomic E-state index is 1.04. The number of para-hydroxylation sites is 1. The second kappa shape index (κ2) is 2.55. The molecule has 0 N–H and O–H groups in total. The minimum atomic E-state index is 1.04. The Kier molecular flexibility index (Phi) is 1.54. The molecule has 0 saturated carbocycles. The van der Waals surface area contributed by atoms with Gasteiger partial charge < -0.3 is 0 Å². The Labute approximate surface area is 71.5 Å². The SMILES string of the molecule is Cc1nc2ccccc2c[n+]1C. The third-order valence-electron chi connectivity index (χ3n) is 2.06. The lowest BCUT2D eigenvalue weighted by Crippen LogP contribution is -2.32. The normalized spacial score (nSPS) is 10.5. The molecule has 2 heteroatoms. The molecule has 1 aromatic carbocycles. The highest BCUT2D eigenvalue weighted by Crippen LogP contribution is 2.07. The number of aryl methyl sites for hydroxylation is 2. The van der Waals surface area contributed by atoms with Crippen molar-refractivity contribution in [2.45, 2.75) is 6.92 Å². The molecular formula is C10H11N2+. The number of fused-ring (bicyclic) bond motifs is 1. The van der Waals surface area contributed by atoms with E-state index in [1.54, 1.807) is 0 Å². The van der Waals surface area contributed by atoms with Gasteiger partial charge in [-0.15, -0.1) is 0 Å². The Hall–Kier alpha value is -1.44. The maximum Gasteiger partial charge on any atom is 0.295 e. The van der Waals surface area contributed by atoms with Gasteiger partial charge in [-0.2, -0.15) is 0 Å². The van der Waals surface area contributed by atoms with Crippen molar-refractivity contribution in [1.82, 2.24) is 4.98 Å². The monoisotopic (exact) mass is 159 g/mol. The van der Waals surface area contributed by atoms with Gasteiger partial charge >= 0.3 is 0 Å². The lowest BCUT2D eigenvalue weighted by molar-refractivity contribution is -0.679. The summed E-state index contributed by atoms with van der Waals surface area (Å²) < 4.78 is 2.03. The Morgan fingerprint density at radius 3 is 2.83 bits per heavy atom. The number of hydrogen-bond acceptors (Lipinski definition) is 1. The average Bonchev–Trinajstić information content (AvgIpc) is 2.07.